The molecule has 1 aromatic heterocycles. The minimum absolute atomic E-state index is 0.545. The topological polar surface area (TPSA) is 41.3 Å². The molecule has 0 amide bonds. The lowest BCUT2D eigenvalue weighted by Gasteiger charge is -2.24. The van der Waals surface area contributed by atoms with E-state index < -0.39 is 0 Å². The Kier molecular flexibility index (Phi) is 4.42. The van der Waals surface area contributed by atoms with E-state index in [0.717, 1.165) is 31.3 Å². The Labute approximate surface area is 103 Å². The molecule has 1 unspecified atom stereocenters. The van der Waals surface area contributed by atoms with Gasteiger partial charge < -0.3 is 14.6 Å². The van der Waals surface area contributed by atoms with Crippen molar-refractivity contribution in [1.29, 1.82) is 0 Å². The monoisotopic (exact) mass is 237 g/mol. The van der Waals surface area contributed by atoms with Crippen LogP contribution in [0.2, 0.25) is 0 Å². The second-order valence-electron chi connectivity index (χ2n) is 4.79. The molecule has 17 heavy (non-hydrogen) atoms. The molecule has 2 heterocycles. The van der Waals surface area contributed by atoms with Gasteiger partial charge in [-0.05, 0) is 26.3 Å². The Morgan fingerprint density at radius 1 is 1.47 bits per heavy atom. The summed E-state index contributed by atoms with van der Waals surface area (Å²) in [6.45, 7) is 7.18. The van der Waals surface area contributed by atoms with Crippen LogP contribution in [0.4, 0.5) is 6.01 Å². The molecule has 0 aliphatic carbocycles. The fourth-order valence-electron chi connectivity index (χ4n) is 2.32. The molecule has 4 heteroatoms. The first-order valence-electron chi connectivity index (χ1n) is 6.73. The smallest absolute Gasteiger partial charge is 0.297 e. The van der Waals surface area contributed by atoms with E-state index >= 15 is 0 Å². The molecule has 0 radical (unpaired) electrons. The van der Waals surface area contributed by atoms with Crippen LogP contribution in [0, 0.1) is 0 Å². The zero-order valence-corrected chi connectivity index (χ0v) is 10.9. The Morgan fingerprint density at radius 2 is 2.35 bits per heavy atom. The molecule has 1 aliphatic rings. The van der Waals surface area contributed by atoms with Crippen molar-refractivity contribution in [2.45, 2.75) is 52.1 Å². The standard InChI is InChI=1S/C13H23N3O/c1-3-14-9-12-10-17-13(15-12)16-8-6-4-5-7-11(16)2/h10-11,14H,3-9H2,1-2H3. The molecule has 1 fully saturated rings. The zero-order valence-electron chi connectivity index (χ0n) is 10.9. The Morgan fingerprint density at radius 3 is 3.18 bits per heavy atom. The number of anilines is 1. The Bertz CT molecular complexity index is 337. The molecule has 0 saturated carbocycles. The molecule has 1 N–H and O–H groups in total. The van der Waals surface area contributed by atoms with Crippen molar-refractivity contribution in [3.63, 3.8) is 0 Å². The minimum atomic E-state index is 0.545. The fourth-order valence-corrected chi connectivity index (χ4v) is 2.32. The predicted molar refractivity (Wildman–Crippen MR) is 69.2 cm³/mol. The number of oxazole rings is 1. The van der Waals surface area contributed by atoms with Crippen molar-refractivity contribution in [2.75, 3.05) is 18.0 Å². The van der Waals surface area contributed by atoms with E-state index in [1.807, 2.05) is 0 Å². The molecule has 2 rings (SSSR count). The number of aromatic nitrogens is 1. The zero-order chi connectivity index (χ0) is 12.1. The van der Waals surface area contributed by atoms with Gasteiger partial charge in [-0.3, -0.25) is 0 Å². The van der Waals surface area contributed by atoms with Gasteiger partial charge in [0.2, 0.25) is 0 Å². The summed E-state index contributed by atoms with van der Waals surface area (Å²) in [5.41, 5.74) is 0.998. The quantitative estimate of drug-likeness (QED) is 0.873. The van der Waals surface area contributed by atoms with E-state index in [0.29, 0.717) is 6.04 Å². The van der Waals surface area contributed by atoms with Crippen molar-refractivity contribution >= 4 is 6.01 Å². The van der Waals surface area contributed by atoms with Gasteiger partial charge in [0.25, 0.3) is 6.01 Å². The van der Waals surface area contributed by atoms with Crippen LogP contribution in [0.1, 0.15) is 45.2 Å². The summed E-state index contributed by atoms with van der Waals surface area (Å²) in [4.78, 5) is 6.87. The van der Waals surface area contributed by atoms with Gasteiger partial charge in [-0.1, -0.05) is 19.8 Å². The summed E-state index contributed by atoms with van der Waals surface area (Å²) in [5, 5.41) is 3.26. The Hall–Kier alpha value is -1.03. The minimum Gasteiger partial charge on any atom is -0.432 e. The fraction of sp³-hybridized carbons (Fsp3) is 0.769. The maximum atomic E-state index is 5.60. The SMILES string of the molecule is CCNCc1coc(N2CCCCCC2C)n1. The van der Waals surface area contributed by atoms with Crippen LogP contribution in [0.15, 0.2) is 10.7 Å². The predicted octanol–water partition coefficient (Wildman–Crippen LogP) is 2.55. The van der Waals surface area contributed by atoms with E-state index in [2.05, 4.69) is 29.0 Å². The number of rotatable bonds is 4. The lowest BCUT2D eigenvalue weighted by molar-refractivity contribution is 0.501. The summed E-state index contributed by atoms with van der Waals surface area (Å²) >= 11 is 0. The highest BCUT2D eigenvalue weighted by atomic mass is 16.4. The van der Waals surface area contributed by atoms with Crippen LogP contribution in [0.3, 0.4) is 0 Å². The van der Waals surface area contributed by atoms with Crippen molar-refractivity contribution < 1.29 is 4.42 Å². The lowest BCUT2D eigenvalue weighted by Crippen LogP contribution is -2.32. The molecule has 0 aromatic carbocycles. The van der Waals surface area contributed by atoms with E-state index in [1.165, 1.54) is 25.7 Å². The van der Waals surface area contributed by atoms with E-state index in [9.17, 15) is 0 Å². The van der Waals surface area contributed by atoms with Gasteiger partial charge in [0.15, 0.2) is 0 Å². The summed E-state index contributed by atoms with van der Waals surface area (Å²) in [6, 6.07) is 1.34. The molecular weight excluding hydrogens is 214 g/mol. The molecule has 4 nitrogen and oxygen atoms in total. The molecular formula is C13H23N3O. The van der Waals surface area contributed by atoms with Gasteiger partial charge in [0.1, 0.15) is 6.26 Å². The maximum absolute atomic E-state index is 5.60. The first kappa shape index (κ1) is 12.4. The van der Waals surface area contributed by atoms with E-state index in [-0.39, 0.29) is 0 Å². The Balaban J connectivity index is 2.01. The average Bonchev–Trinajstić information content (AvgIpc) is 2.69. The van der Waals surface area contributed by atoms with Crippen LogP contribution in [-0.2, 0) is 6.54 Å². The summed E-state index contributed by atoms with van der Waals surface area (Å²) < 4.78 is 5.60. The highest BCUT2D eigenvalue weighted by Crippen LogP contribution is 2.23. The molecule has 0 bridgehead atoms. The molecule has 96 valence electrons. The van der Waals surface area contributed by atoms with Crippen molar-refractivity contribution in [1.82, 2.24) is 10.3 Å². The third-order valence-electron chi connectivity index (χ3n) is 3.39. The summed E-state index contributed by atoms with van der Waals surface area (Å²) in [5.74, 6) is 0. The van der Waals surface area contributed by atoms with Crippen LogP contribution >= 0.6 is 0 Å². The summed E-state index contributed by atoms with van der Waals surface area (Å²) in [6.07, 6.45) is 6.91. The van der Waals surface area contributed by atoms with Crippen molar-refractivity contribution in [2.24, 2.45) is 0 Å². The van der Waals surface area contributed by atoms with Crippen LogP contribution in [0.25, 0.3) is 0 Å². The normalized spacial score (nSPS) is 21.5. The second kappa shape index (κ2) is 6.05. The first-order valence-corrected chi connectivity index (χ1v) is 6.73. The number of nitrogens with one attached hydrogen (secondary N) is 1. The van der Waals surface area contributed by atoms with Gasteiger partial charge in [0, 0.05) is 19.1 Å². The van der Waals surface area contributed by atoms with E-state index in [1.54, 1.807) is 6.26 Å². The van der Waals surface area contributed by atoms with Crippen LogP contribution < -0.4 is 10.2 Å². The molecule has 1 saturated heterocycles. The highest BCUT2D eigenvalue weighted by Gasteiger charge is 2.21. The number of hydrogen-bond acceptors (Lipinski definition) is 4. The number of hydrogen-bond donors (Lipinski definition) is 1. The molecule has 1 aromatic rings. The van der Waals surface area contributed by atoms with E-state index in [4.69, 9.17) is 4.42 Å². The summed E-state index contributed by atoms with van der Waals surface area (Å²) in [7, 11) is 0. The number of nitrogens with zero attached hydrogens (tertiary/aromatic N) is 2. The van der Waals surface area contributed by atoms with Crippen molar-refractivity contribution in [3.05, 3.63) is 12.0 Å². The van der Waals surface area contributed by atoms with Gasteiger partial charge in [-0.25, -0.2) is 0 Å². The van der Waals surface area contributed by atoms with Gasteiger partial charge in [-0.2, -0.15) is 4.98 Å². The maximum Gasteiger partial charge on any atom is 0.297 e. The van der Waals surface area contributed by atoms with Crippen LogP contribution in [0.5, 0.6) is 0 Å². The van der Waals surface area contributed by atoms with Gasteiger partial charge in [-0.15, -0.1) is 0 Å². The van der Waals surface area contributed by atoms with Crippen LogP contribution in [-0.4, -0.2) is 24.1 Å². The van der Waals surface area contributed by atoms with Gasteiger partial charge >= 0.3 is 0 Å². The lowest BCUT2D eigenvalue weighted by atomic mass is 10.1. The first-order chi connectivity index (χ1) is 8.31. The van der Waals surface area contributed by atoms with Crippen molar-refractivity contribution in [3.8, 4) is 0 Å². The highest BCUT2D eigenvalue weighted by molar-refractivity contribution is 5.29. The third-order valence-corrected chi connectivity index (χ3v) is 3.39. The second-order valence-corrected chi connectivity index (χ2v) is 4.79. The largest absolute Gasteiger partial charge is 0.432 e. The molecule has 1 aliphatic heterocycles. The third kappa shape index (κ3) is 3.22. The molecule has 1 atom stereocenters. The average molecular weight is 237 g/mol. The molecule has 0 spiro atoms. The van der Waals surface area contributed by atoms with Gasteiger partial charge in [0.05, 0.1) is 5.69 Å².